The molecule has 6 amide bonds. The van der Waals surface area contributed by atoms with Gasteiger partial charge in [-0.15, -0.1) is 0 Å². The van der Waals surface area contributed by atoms with Gasteiger partial charge >= 0.3 is 15.5 Å². The molecule has 1 saturated carbocycles. The number of rotatable bonds is 19. The first-order valence-corrected chi connectivity index (χ1v) is 19.5. The Balaban J connectivity index is 2.50. The summed E-state index contributed by atoms with van der Waals surface area (Å²) in [6.07, 6.45) is 7.01. The maximum atomic E-state index is 14.0. The Morgan fingerprint density at radius 3 is 2.07 bits per heavy atom. The van der Waals surface area contributed by atoms with Crippen LogP contribution >= 0.6 is 0 Å². The lowest BCUT2D eigenvalue weighted by Crippen LogP contribution is -2.60. The van der Waals surface area contributed by atoms with Crippen molar-refractivity contribution in [2.24, 2.45) is 23.5 Å². The van der Waals surface area contributed by atoms with Gasteiger partial charge in [-0.05, 0) is 37.0 Å². The van der Waals surface area contributed by atoms with Gasteiger partial charge in [0.2, 0.25) is 23.5 Å². The van der Waals surface area contributed by atoms with E-state index in [1.807, 2.05) is 0 Å². The van der Waals surface area contributed by atoms with E-state index in [-0.39, 0.29) is 43.2 Å². The fourth-order valence-corrected chi connectivity index (χ4v) is 6.74. The maximum Gasteiger partial charge on any atom is 0.516 e. The monoisotopic (exact) mass is 804 g/mol. The van der Waals surface area contributed by atoms with Crippen molar-refractivity contribution in [2.45, 2.75) is 122 Å². The molecule has 17 nitrogen and oxygen atoms in total. The summed E-state index contributed by atoms with van der Waals surface area (Å²) in [4.78, 5) is 99.3. The molecule has 1 aromatic rings. The van der Waals surface area contributed by atoms with E-state index in [4.69, 9.17) is 5.73 Å². The molecular formula is C34H51F3N8O9S. The van der Waals surface area contributed by atoms with Crippen LogP contribution in [0.5, 0.6) is 0 Å². The zero-order valence-electron chi connectivity index (χ0n) is 31.5. The second kappa shape index (κ2) is 21.0. The second-order valence-electron chi connectivity index (χ2n) is 14.0. The minimum atomic E-state index is -6.62. The molecular weight excluding hydrogens is 753 g/mol. The van der Waals surface area contributed by atoms with Crippen molar-refractivity contribution in [3.63, 3.8) is 0 Å². The lowest BCUT2D eigenvalue weighted by molar-refractivity contribution is -0.143. The lowest BCUT2D eigenvalue weighted by Gasteiger charge is -2.33. The predicted molar refractivity (Wildman–Crippen MR) is 190 cm³/mol. The van der Waals surface area contributed by atoms with Crippen molar-refractivity contribution in [2.75, 3.05) is 6.54 Å². The number of alkyl halides is 3. The van der Waals surface area contributed by atoms with E-state index >= 15 is 0 Å². The number of imide groups is 1. The quantitative estimate of drug-likeness (QED) is 0.124. The number of hydrogen-bond acceptors (Lipinski definition) is 12. The predicted octanol–water partition coefficient (Wildman–Crippen LogP) is 1.23. The van der Waals surface area contributed by atoms with Crippen LogP contribution in [0.25, 0.3) is 0 Å². The number of carbonyl (C=O) groups excluding carboxylic acids is 7. The molecule has 1 fully saturated rings. The molecule has 5 atom stereocenters. The molecule has 6 N–H and O–H groups in total. The van der Waals surface area contributed by atoms with Gasteiger partial charge in [-0.2, -0.15) is 21.6 Å². The van der Waals surface area contributed by atoms with Gasteiger partial charge in [0.1, 0.15) is 30.4 Å². The van der Waals surface area contributed by atoms with Crippen LogP contribution in [0.3, 0.4) is 0 Å². The molecule has 0 saturated heterocycles. The third-order valence-electron chi connectivity index (χ3n) is 9.20. The van der Waals surface area contributed by atoms with Gasteiger partial charge in [0, 0.05) is 12.4 Å². The van der Waals surface area contributed by atoms with E-state index in [9.17, 15) is 55.2 Å². The first-order valence-electron chi connectivity index (χ1n) is 18.1. The second-order valence-corrected chi connectivity index (χ2v) is 15.8. The van der Waals surface area contributed by atoms with Gasteiger partial charge in [0.15, 0.2) is 0 Å². The first kappa shape index (κ1) is 46.6. The third kappa shape index (κ3) is 13.6. The summed E-state index contributed by atoms with van der Waals surface area (Å²) in [6, 6.07) is -5.96. The summed E-state index contributed by atoms with van der Waals surface area (Å²) in [7, 11) is -6.62. The Labute approximate surface area is 318 Å². The summed E-state index contributed by atoms with van der Waals surface area (Å²) in [5.74, 6) is -10.3. The Bertz CT molecular complexity index is 1640. The van der Waals surface area contributed by atoms with Crippen LogP contribution in [0.4, 0.5) is 13.2 Å². The number of sulfonamides is 1. The van der Waals surface area contributed by atoms with Crippen molar-refractivity contribution in [1.29, 1.82) is 0 Å². The van der Waals surface area contributed by atoms with E-state index in [1.165, 1.54) is 30.8 Å². The van der Waals surface area contributed by atoms with Crippen LogP contribution in [0.1, 0.15) is 103 Å². The number of amides is 6. The van der Waals surface area contributed by atoms with Crippen molar-refractivity contribution >= 4 is 51.2 Å². The van der Waals surface area contributed by atoms with Crippen molar-refractivity contribution in [3.05, 3.63) is 24.3 Å². The van der Waals surface area contributed by atoms with Gasteiger partial charge in [-0.1, -0.05) is 73.1 Å². The summed E-state index contributed by atoms with van der Waals surface area (Å²) in [6.45, 7) is 6.39. The molecule has 2 rings (SSSR count). The number of ketones is 1. The zero-order valence-corrected chi connectivity index (χ0v) is 32.3. The highest BCUT2D eigenvalue weighted by atomic mass is 32.2. The standard InChI is InChI=1S/C34H51F3N8O9S/c1-6-20(5)27(44-29(48)23(15-19(3)4)41-30(49)25-17-39-13-14-40-25)31(50)42-24(16-21-11-9-8-10-12-21)33(52)45(55(53,54)34(35,36)37)18-26(46)43-32(51)28(47)22(38)7-2/h13-14,17,19-24,27H,6-12,15-16,18,38H2,1-5H3,(H,41,49)(H,42,50)(H,44,48)(H,43,46,51)/t20-,22?,23-,24-,27-/m0/s1. The molecule has 21 heteroatoms. The lowest BCUT2D eigenvalue weighted by atomic mass is 9.84. The van der Waals surface area contributed by atoms with Gasteiger partial charge < -0.3 is 21.7 Å². The van der Waals surface area contributed by atoms with Crippen molar-refractivity contribution < 1.29 is 55.2 Å². The minimum Gasteiger partial charge on any atom is -0.342 e. The van der Waals surface area contributed by atoms with E-state index in [2.05, 4.69) is 25.9 Å². The summed E-state index contributed by atoms with van der Waals surface area (Å²) < 4.78 is 66.7. The summed E-state index contributed by atoms with van der Waals surface area (Å²) in [5, 5.41) is 8.94. The van der Waals surface area contributed by atoms with Crippen LogP contribution in [0.2, 0.25) is 0 Å². The number of hydrogen-bond donors (Lipinski definition) is 5. The smallest absolute Gasteiger partial charge is 0.342 e. The summed E-state index contributed by atoms with van der Waals surface area (Å²) >= 11 is 0. The highest BCUT2D eigenvalue weighted by molar-refractivity contribution is 7.90. The average Bonchev–Trinajstić information content (AvgIpc) is 3.13. The molecule has 0 spiro atoms. The normalized spacial score (nSPS) is 16.5. The fourth-order valence-electron chi connectivity index (χ4n) is 5.84. The molecule has 1 heterocycles. The summed E-state index contributed by atoms with van der Waals surface area (Å²) in [5.41, 5.74) is -0.704. The van der Waals surface area contributed by atoms with Crippen LogP contribution < -0.4 is 27.0 Å². The Hall–Kier alpha value is -4.53. The van der Waals surface area contributed by atoms with Gasteiger partial charge in [-0.3, -0.25) is 43.9 Å². The zero-order chi connectivity index (χ0) is 41.7. The molecule has 1 aliphatic rings. The highest BCUT2D eigenvalue weighted by Gasteiger charge is 2.53. The van der Waals surface area contributed by atoms with Gasteiger partial charge in [-0.25, -0.2) is 9.29 Å². The van der Waals surface area contributed by atoms with Crippen LogP contribution in [0.15, 0.2) is 18.6 Å². The molecule has 55 heavy (non-hydrogen) atoms. The minimum absolute atomic E-state index is 0.0376. The largest absolute Gasteiger partial charge is 0.516 e. The Morgan fingerprint density at radius 1 is 0.909 bits per heavy atom. The Morgan fingerprint density at radius 2 is 1.55 bits per heavy atom. The van der Waals surface area contributed by atoms with Gasteiger partial charge in [0.05, 0.1) is 12.2 Å². The average molecular weight is 805 g/mol. The molecule has 0 aromatic carbocycles. The SMILES string of the molecule is CCC(N)C(=O)C(=O)NC(=O)CN(C(=O)[C@H](CC1CCCCC1)NC(=O)[C@@H](NC(=O)[C@H](CC(C)C)NC(=O)c1cnccn1)[C@@H](C)CC)S(=O)(=O)C(F)(F)F. The molecule has 308 valence electrons. The third-order valence-corrected chi connectivity index (χ3v) is 10.7. The highest BCUT2D eigenvalue weighted by Crippen LogP contribution is 2.31. The molecule has 1 aromatic heterocycles. The van der Waals surface area contributed by atoms with E-state index in [1.54, 1.807) is 27.7 Å². The molecule has 0 radical (unpaired) electrons. The molecule has 0 aliphatic heterocycles. The van der Waals surface area contributed by atoms with Gasteiger partial charge in [0.25, 0.3) is 17.7 Å². The number of nitrogens with zero attached hydrogens (tertiary/aromatic N) is 3. The van der Waals surface area contributed by atoms with Crippen LogP contribution in [-0.2, 0) is 38.8 Å². The number of Topliss-reactive ketones (excluding diaryl/α,β-unsaturated/α-hetero) is 1. The first-order chi connectivity index (χ1) is 25.6. The molecule has 1 aliphatic carbocycles. The Kier molecular flexibility index (Phi) is 17.8. The molecule has 0 bridgehead atoms. The maximum absolute atomic E-state index is 14.0. The van der Waals surface area contributed by atoms with Crippen molar-refractivity contribution in [1.82, 2.24) is 35.5 Å². The fraction of sp³-hybridized carbons (Fsp3) is 0.676. The number of halogens is 3. The van der Waals surface area contributed by atoms with Crippen molar-refractivity contribution in [3.8, 4) is 0 Å². The van der Waals surface area contributed by atoms with E-state index < -0.39 is 97.7 Å². The van der Waals surface area contributed by atoms with Crippen LogP contribution in [0, 0.1) is 17.8 Å². The van der Waals surface area contributed by atoms with E-state index in [0.29, 0.717) is 25.7 Å². The van der Waals surface area contributed by atoms with E-state index in [0.717, 1.165) is 6.42 Å². The molecule has 1 unspecified atom stereocenters. The number of aromatic nitrogens is 2. The number of carbonyl (C=O) groups is 7. The number of nitrogens with two attached hydrogens (primary N) is 1. The number of nitrogens with one attached hydrogen (secondary N) is 4. The van der Waals surface area contributed by atoms with Crippen LogP contribution in [-0.4, -0.2) is 100 Å². The topological polar surface area (TPSA) is 257 Å².